The van der Waals surface area contributed by atoms with Gasteiger partial charge in [0.15, 0.2) is 0 Å². The molecule has 0 spiro atoms. The lowest BCUT2D eigenvalue weighted by Crippen LogP contribution is -1.87. The number of anilines is 1. The second-order valence-electron chi connectivity index (χ2n) is 3.27. The van der Waals surface area contributed by atoms with E-state index < -0.39 is 0 Å². The van der Waals surface area contributed by atoms with E-state index in [1.54, 1.807) is 18.0 Å². The van der Waals surface area contributed by atoms with Gasteiger partial charge in [0, 0.05) is 5.56 Å². The molecule has 76 valence electrons. The predicted molar refractivity (Wildman–Crippen MR) is 59.8 cm³/mol. The van der Waals surface area contributed by atoms with Crippen molar-refractivity contribution in [2.75, 3.05) is 11.7 Å². The minimum Gasteiger partial charge on any atom is -0.481 e. The van der Waals surface area contributed by atoms with E-state index in [-0.39, 0.29) is 0 Å². The number of nitrogen functional groups attached to an aromatic ring is 1. The summed E-state index contributed by atoms with van der Waals surface area (Å²) in [4.78, 5) is 1.16. The molecular weight excluding hydrogens is 210 g/mol. The van der Waals surface area contributed by atoms with Crippen LogP contribution in [0, 0.1) is 0 Å². The lowest BCUT2D eigenvalue weighted by molar-refractivity contribution is 0.397. The van der Waals surface area contributed by atoms with Crippen LogP contribution in [0.15, 0.2) is 29.3 Å². The molecular formula is C10H9N3OS. The zero-order valence-electron chi connectivity index (χ0n) is 7.86. The summed E-state index contributed by atoms with van der Waals surface area (Å²) in [5.41, 5.74) is 7.76. The molecule has 0 atom stereocenters. The zero-order valence-corrected chi connectivity index (χ0v) is 8.67. The van der Waals surface area contributed by atoms with Crippen molar-refractivity contribution < 1.29 is 4.74 Å². The molecule has 0 radical (unpaired) electrons. The maximum atomic E-state index is 5.76. The number of hydrogen-bond donors (Lipinski definition) is 2. The van der Waals surface area contributed by atoms with Crippen LogP contribution < -0.4 is 10.5 Å². The van der Waals surface area contributed by atoms with Crippen LogP contribution in [0.1, 0.15) is 0 Å². The Balaban J connectivity index is 2.11. The van der Waals surface area contributed by atoms with Gasteiger partial charge in [-0.25, -0.2) is 0 Å². The molecule has 2 aromatic rings. The van der Waals surface area contributed by atoms with Gasteiger partial charge in [-0.1, -0.05) is 17.8 Å². The van der Waals surface area contributed by atoms with Gasteiger partial charge in [0.1, 0.15) is 17.5 Å². The Labute approximate surface area is 90.8 Å². The number of ether oxygens (including phenoxy) is 1. The Morgan fingerprint density at radius 2 is 2.40 bits per heavy atom. The van der Waals surface area contributed by atoms with E-state index in [0.29, 0.717) is 11.8 Å². The van der Waals surface area contributed by atoms with E-state index in [0.717, 1.165) is 21.8 Å². The lowest BCUT2D eigenvalue weighted by atomic mass is 10.1. The minimum absolute atomic E-state index is 0.596. The Morgan fingerprint density at radius 1 is 1.47 bits per heavy atom. The van der Waals surface area contributed by atoms with E-state index in [2.05, 4.69) is 16.3 Å². The molecule has 3 N–H and O–H groups in total. The molecule has 2 heterocycles. The first-order valence-corrected chi connectivity index (χ1v) is 5.52. The van der Waals surface area contributed by atoms with Crippen LogP contribution in [-0.4, -0.2) is 16.1 Å². The van der Waals surface area contributed by atoms with Gasteiger partial charge in [0.25, 0.3) is 0 Å². The molecule has 1 aromatic carbocycles. The number of nitrogens with zero attached hydrogens (tertiary/aromatic N) is 1. The fourth-order valence-electron chi connectivity index (χ4n) is 1.59. The van der Waals surface area contributed by atoms with E-state index in [4.69, 9.17) is 10.5 Å². The Bertz CT molecular complexity index is 509. The van der Waals surface area contributed by atoms with Crippen molar-refractivity contribution >= 4 is 17.6 Å². The molecule has 1 aromatic heterocycles. The summed E-state index contributed by atoms with van der Waals surface area (Å²) in [6, 6.07) is 6.04. The molecule has 0 amide bonds. The van der Waals surface area contributed by atoms with Crippen molar-refractivity contribution in [2.45, 2.75) is 4.90 Å². The number of benzene rings is 1. The van der Waals surface area contributed by atoms with E-state index in [1.807, 2.05) is 12.1 Å². The number of H-pyrrole nitrogens is 1. The van der Waals surface area contributed by atoms with Gasteiger partial charge < -0.3 is 10.5 Å². The average Bonchev–Trinajstić information content (AvgIpc) is 2.84. The predicted octanol–water partition coefficient (Wildman–Crippen LogP) is 2.10. The van der Waals surface area contributed by atoms with Gasteiger partial charge in [-0.05, 0) is 17.7 Å². The topological polar surface area (TPSA) is 63.9 Å². The second-order valence-corrected chi connectivity index (χ2v) is 4.23. The van der Waals surface area contributed by atoms with Crippen molar-refractivity contribution in [3.63, 3.8) is 0 Å². The summed E-state index contributed by atoms with van der Waals surface area (Å²) < 4.78 is 5.41. The van der Waals surface area contributed by atoms with Crippen LogP contribution in [-0.2, 0) is 0 Å². The fraction of sp³-hybridized carbons (Fsp3) is 0.100. The van der Waals surface area contributed by atoms with Crippen molar-refractivity contribution in [1.29, 1.82) is 0 Å². The highest BCUT2D eigenvalue weighted by atomic mass is 32.2. The summed E-state index contributed by atoms with van der Waals surface area (Å²) in [6.07, 6.45) is 1.73. The normalized spacial score (nSPS) is 13.6. The molecule has 5 heteroatoms. The largest absolute Gasteiger partial charge is 0.481 e. The van der Waals surface area contributed by atoms with Crippen LogP contribution in [0.2, 0.25) is 0 Å². The number of fused-ring (bicyclic) bond motifs is 1. The first-order chi connectivity index (χ1) is 7.34. The summed E-state index contributed by atoms with van der Waals surface area (Å²) in [5.74, 6) is 2.24. The summed E-state index contributed by atoms with van der Waals surface area (Å²) in [7, 11) is 0. The van der Waals surface area contributed by atoms with E-state index >= 15 is 0 Å². The van der Waals surface area contributed by atoms with Crippen molar-refractivity contribution in [3.8, 4) is 16.9 Å². The average molecular weight is 219 g/mol. The molecule has 0 saturated heterocycles. The highest BCUT2D eigenvalue weighted by Crippen LogP contribution is 2.39. The Hall–Kier alpha value is -1.62. The van der Waals surface area contributed by atoms with Crippen LogP contribution in [0.4, 0.5) is 5.82 Å². The van der Waals surface area contributed by atoms with Gasteiger partial charge in [-0.3, -0.25) is 5.10 Å². The smallest absolute Gasteiger partial charge is 0.138 e. The maximum Gasteiger partial charge on any atom is 0.138 e. The number of nitrogens with one attached hydrogen (secondary N) is 1. The standard InChI is InChI=1S/C10H9N3OS/c11-10-7(4-12-13-10)6-1-2-8-9(3-6)15-5-14-8/h1-4H,5H2,(H3,11,12,13). The molecule has 15 heavy (non-hydrogen) atoms. The first-order valence-electron chi connectivity index (χ1n) is 4.53. The molecule has 0 bridgehead atoms. The van der Waals surface area contributed by atoms with Crippen LogP contribution in [0.25, 0.3) is 11.1 Å². The minimum atomic E-state index is 0.596. The highest BCUT2D eigenvalue weighted by molar-refractivity contribution is 7.99. The Morgan fingerprint density at radius 3 is 3.20 bits per heavy atom. The lowest BCUT2D eigenvalue weighted by Gasteiger charge is -2.01. The molecule has 0 unspecified atom stereocenters. The molecule has 4 nitrogen and oxygen atoms in total. The molecule has 1 aliphatic rings. The van der Waals surface area contributed by atoms with Crippen LogP contribution >= 0.6 is 11.8 Å². The quantitative estimate of drug-likeness (QED) is 0.771. The number of rotatable bonds is 1. The number of nitrogens with two attached hydrogens (primary N) is 1. The van der Waals surface area contributed by atoms with Crippen molar-refractivity contribution in [1.82, 2.24) is 10.2 Å². The van der Waals surface area contributed by atoms with E-state index in [9.17, 15) is 0 Å². The number of aromatic amines is 1. The van der Waals surface area contributed by atoms with Gasteiger partial charge >= 0.3 is 0 Å². The Kier molecular flexibility index (Phi) is 1.85. The van der Waals surface area contributed by atoms with Crippen molar-refractivity contribution in [3.05, 3.63) is 24.4 Å². The fourth-order valence-corrected chi connectivity index (χ4v) is 2.38. The third-order valence-electron chi connectivity index (χ3n) is 2.35. The van der Waals surface area contributed by atoms with Crippen LogP contribution in [0.3, 0.4) is 0 Å². The third-order valence-corrected chi connectivity index (χ3v) is 3.22. The van der Waals surface area contributed by atoms with Crippen molar-refractivity contribution in [2.24, 2.45) is 0 Å². The molecule has 1 aliphatic heterocycles. The number of hydrogen-bond acceptors (Lipinski definition) is 4. The molecule has 0 aliphatic carbocycles. The molecule has 0 fully saturated rings. The van der Waals surface area contributed by atoms with Gasteiger partial charge in [0.05, 0.1) is 11.1 Å². The monoisotopic (exact) mass is 219 g/mol. The highest BCUT2D eigenvalue weighted by Gasteiger charge is 2.14. The number of aromatic nitrogens is 2. The van der Waals surface area contributed by atoms with E-state index in [1.165, 1.54) is 0 Å². The third kappa shape index (κ3) is 1.35. The number of thioether (sulfide) groups is 1. The molecule has 0 saturated carbocycles. The summed E-state index contributed by atoms with van der Waals surface area (Å²) in [5, 5.41) is 6.63. The summed E-state index contributed by atoms with van der Waals surface area (Å²) >= 11 is 1.69. The first kappa shape index (κ1) is 8.67. The van der Waals surface area contributed by atoms with Gasteiger partial charge in [-0.2, -0.15) is 5.10 Å². The molecule has 3 rings (SSSR count). The van der Waals surface area contributed by atoms with Gasteiger partial charge in [-0.15, -0.1) is 0 Å². The SMILES string of the molecule is Nc1[nH]ncc1-c1ccc2c(c1)SCO2. The van der Waals surface area contributed by atoms with Gasteiger partial charge in [0.2, 0.25) is 0 Å². The maximum absolute atomic E-state index is 5.76. The van der Waals surface area contributed by atoms with Crippen LogP contribution in [0.5, 0.6) is 5.75 Å². The zero-order chi connectivity index (χ0) is 10.3. The second kappa shape index (κ2) is 3.20. The summed E-state index contributed by atoms with van der Waals surface area (Å²) in [6.45, 7) is 0.